The number of anilines is 2. The van der Waals surface area contributed by atoms with Crippen molar-refractivity contribution in [3.05, 3.63) is 66.1 Å². The summed E-state index contributed by atoms with van der Waals surface area (Å²) in [6, 6.07) is 14.0. The molecular formula is C21H25FN6. The summed E-state index contributed by atoms with van der Waals surface area (Å²) in [5.74, 6) is 1.01. The number of halogens is 1. The van der Waals surface area contributed by atoms with Gasteiger partial charge in [-0.2, -0.15) is 4.98 Å². The van der Waals surface area contributed by atoms with E-state index in [0.717, 1.165) is 36.5 Å². The third-order valence-electron chi connectivity index (χ3n) is 4.11. The van der Waals surface area contributed by atoms with Crippen molar-refractivity contribution in [1.29, 1.82) is 0 Å². The van der Waals surface area contributed by atoms with Gasteiger partial charge in [0.2, 0.25) is 5.95 Å². The molecule has 2 heterocycles. The monoisotopic (exact) mass is 380 g/mol. The first-order valence-electron chi connectivity index (χ1n) is 9.27. The second-order valence-electron chi connectivity index (χ2n) is 6.74. The summed E-state index contributed by atoms with van der Waals surface area (Å²) in [5.41, 5.74) is 2.50. The van der Waals surface area contributed by atoms with E-state index in [1.807, 2.05) is 24.3 Å². The summed E-state index contributed by atoms with van der Waals surface area (Å²) in [7, 11) is 4.10. The van der Waals surface area contributed by atoms with E-state index in [-0.39, 0.29) is 5.82 Å². The fraction of sp³-hybridized carbons (Fsp3) is 0.286. The molecule has 2 N–H and O–H groups in total. The van der Waals surface area contributed by atoms with Crippen LogP contribution in [0.4, 0.5) is 16.2 Å². The summed E-state index contributed by atoms with van der Waals surface area (Å²) in [6.07, 6.45) is 2.73. The molecule has 6 nitrogen and oxygen atoms in total. The highest BCUT2D eigenvalue weighted by atomic mass is 19.1. The van der Waals surface area contributed by atoms with Crippen LogP contribution in [0.25, 0.3) is 11.4 Å². The van der Waals surface area contributed by atoms with Crippen molar-refractivity contribution in [2.45, 2.75) is 13.0 Å². The van der Waals surface area contributed by atoms with E-state index in [1.165, 1.54) is 12.1 Å². The molecule has 0 aliphatic carbocycles. The highest BCUT2D eigenvalue weighted by Gasteiger charge is 2.08. The molecule has 0 spiro atoms. The minimum absolute atomic E-state index is 0.243. The second-order valence-corrected chi connectivity index (χ2v) is 6.74. The molecule has 0 radical (unpaired) electrons. The van der Waals surface area contributed by atoms with Gasteiger partial charge in [-0.15, -0.1) is 0 Å². The van der Waals surface area contributed by atoms with Crippen LogP contribution in [0.2, 0.25) is 0 Å². The van der Waals surface area contributed by atoms with E-state index in [9.17, 15) is 4.39 Å². The molecule has 0 bridgehead atoms. The van der Waals surface area contributed by atoms with Gasteiger partial charge in [-0.05, 0) is 56.9 Å². The molecule has 3 rings (SSSR count). The van der Waals surface area contributed by atoms with Gasteiger partial charge >= 0.3 is 0 Å². The summed E-state index contributed by atoms with van der Waals surface area (Å²) in [5, 5.41) is 6.58. The van der Waals surface area contributed by atoms with Gasteiger partial charge in [-0.25, -0.2) is 9.37 Å². The summed E-state index contributed by atoms with van der Waals surface area (Å²) in [4.78, 5) is 15.7. The van der Waals surface area contributed by atoms with Crippen molar-refractivity contribution < 1.29 is 4.39 Å². The van der Waals surface area contributed by atoms with Crippen molar-refractivity contribution in [2.24, 2.45) is 0 Å². The lowest BCUT2D eigenvalue weighted by atomic mass is 10.2. The predicted molar refractivity (Wildman–Crippen MR) is 111 cm³/mol. The number of hydrogen-bond acceptors (Lipinski definition) is 6. The molecule has 2 aromatic heterocycles. The van der Waals surface area contributed by atoms with Crippen LogP contribution in [0.1, 0.15) is 12.0 Å². The Balaban J connectivity index is 1.75. The minimum Gasteiger partial charge on any atom is -0.366 e. The van der Waals surface area contributed by atoms with E-state index in [4.69, 9.17) is 0 Å². The number of nitrogens with one attached hydrogen (secondary N) is 2. The molecule has 0 saturated carbocycles. The lowest BCUT2D eigenvalue weighted by molar-refractivity contribution is 0.405. The quantitative estimate of drug-likeness (QED) is 0.553. The molecule has 3 aromatic rings. The molecular weight excluding hydrogens is 355 g/mol. The van der Waals surface area contributed by atoms with Crippen LogP contribution in [0.3, 0.4) is 0 Å². The minimum atomic E-state index is -0.243. The topological polar surface area (TPSA) is 66.0 Å². The Bertz CT molecular complexity index is 868. The molecule has 0 saturated heterocycles. The van der Waals surface area contributed by atoms with Gasteiger partial charge in [0.25, 0.3) is 0 Å². The highest BCUT2D eigenvalue weighted by Crippen LogP contribution is 2.20. The summed E-state index contributed by atoms with van der Waals surface area (Å²) < 4.78 is 13.1. The Morgan fingerprint density at radius 3 is 2.50 bits per heavy atom. The van der Waals surface area contributed by atoms with E-state index in [1.54, 1.807) is 18.3 Å². The number of nitrogens with zero attached hydrogens (tertiary/aromatic N) is 4. The summed E-state index contributed by atoms with van der Waals surface area (Å²) >= 11 is 0. The Hall–Kier alpha value is -3.06. The zero-order valence-electron chi connectivity index (χ0n) is 16.2. The molecule has 0 unspecified atom stereocenters. The fourth-order valence-electron chi connectivity index (χ4n) is 2.65. The third kappa shape index (κ3) is 5.99. The van der Waals surface area contributed by atoms with Crippen LogP contribution in [0, 0.1) is 5.82 Å². The molecule has 28 heavy (non-hydrogen) atoms. The van der Waals surface area contributed by atoms with E-state index in [2.05, 4.69) is 44.6 Å². The van der Waals surface area contributed by atoms with Crippen LogP contribution >= 0.6 is 0 Å². The molecule has 7 heteroatoms. The number of rotatable bonds is 9. The first kappa shape index (κ1) is 19.7. The predicted octanol–water partition coefficient (Wildman–Crippen LogP) is 3.65. The van der Waals surface area contributed by atoms with Gasteiger partial charge in [0.1, 0.15) is 11.6 Å². The molecule has 146 valence electrons. The lowest BCUT2D eigenvalue weighted by Gasteiger charge is -2.12. The molecule has 0 atom stereocenters. The first-order chi connectivity index (χ1) is 13.6. The Kier molecular flexibility index (Phi) is 6.86. The molecule has 0 fully saturated rings. The van der Waals surface area contributed by atoms with Gasteiger partial charge in [0, 0.05) is 25.4 Å². The maximum atomic E-state index is 13.1. The standard InChI is InChI=1S/C21H25FN6/c1-28(2)13-5-12-24-21-26-19(18-6-3-4-11-23-18)14-20(27-21)25-15-16-7-9-17(22)10-8-16/h3-4,6-11,14H,5,12-13,15H2,1-2H3,(H2,24,25,26,27). The van der Waals surface area contributed by atoms with Gasteiger partial charge < -0.3 is 15.5 Å². The first-order valence-corrected chi connectivity index (χ1v) is 9.27. The Labute approximate surface area is 164 Å². The fourth-order valence-corrected chi connectivity index (χ4v) is 2.65. The highest BCUT2D eigenvalue weighted by molar-refractivity contribution is 5.60. The normalized spacial score (nSPS) is 10.9. The smallest absolute Gasteiger partial charge is 0.225 e. The zero-order valence-corrected chi connectivity index (χ0v) is 16.2. The van der Waals surface area contributed by atoms with Crippen LogP contribution in [-0.2, 0) is 6.54 Å². The average molecular weight is 380 g/mol. The lowest BCUT2D eigenvalue weighted by Crippen LogP contribution is -2.17. The van der Waals surface area contributed by atoms with Crippen LogP contribution in [-0.4, -0.2) is 47.0 Å². The molecule has 0 amide bonds. The van der Waals surface area contributed by atoms with Crippen molar-refractivity contribution in [3.8, 4) is 11.4 Å². The van der Waals surface area contributed by atoms with Gasteiger partial charge in [-0.3, -0.25) is 4.98 Å². The SMILES string of the molecule is CN(C)CCCNc1nc(NCc2ccc(F)cc2)cc(-c2ccccn2)n1. The van der Waals surface area contributed by atoms with E-state index >= 15 is 0 Å². The van der Waals surface area contributed by atoms with E-state index < -0.39 is 0 Å². The molecule has 0 aliphatic heterocycles. The Morgan fingerprint density at radius 1 is 0.964 bits per heavy atom. The summed E-state index contributed by atoms with van der Waals surface area (Å²) in [6.45, 7) is 2.31. The van der Waals surface area contributed by atoms with Crippen molar-refractivity contribution >= 4 is 11.8 Å². The number of benzene rings is 1. The maximum Gasteiger partial charge on any atom is 0.225 e. The second kappa shape index (κ2) is 9.75. The Morgan fingerprint density at radius 2 is 1.79 bits per heavy atom. The van der Waals surface area contributed by atoms with Crippen LogP contribution in [0.15, 0.2) is 54.7 Å². The van der Waals surface area contributed by atoms with E-state index in [0.29, 0.717) is 18.3 Å². The van der Waals surface area contributed by atoms with Crippen molar-refractivity contribution in [2.75, 3.05) is 37.8 Å². The van der Waals surface area contributed by atoms with Crippen molar-refractivity contribution in [1.82, 2.24) is 19.9 Å². The van der Waals surface area contributed by atoms with Gasteiger partial charge in [0.15, 0.2) is 0 Å². The van der Waals surface area contributed by atoms with Crippen molar-refractivity contribution in [3.63, 3.8) is 0 Å². The van der Waals surface area contributed by atoms with Crippen LogP contribution in [0.5, 0.6) is 0 Å². The maximum absolute atomic E-state index is 13.1. The largest absolute Gasteiger partial charge is 0.366 e. The third-order valence-corrected chi connectivity index (χ3v) is 4.11. The van der Waals surface area contributed by atoms with Gasteiger partial charge in [0.05, 0.1) is 11.4 Å². The van der Waals surface area contributed by atoms with Gasteiger partial charge in [-0.1, -0.05) is 18.2 Å². The van der Waals surface area contributed by atoms with Crippen LogP contribution < -0.4 is 10.6 Å². The average Bonchev–Trinajstić information content (AvgIpc) is 2.71. The molecule has 1 aromatic carbocycles. The number of hydrogen-bond donors (Lipinski definition) is 2. The number of aromatic nitrogens is 3. The zero-order chi connectivity index (χ0) is 19.8. The molecule has 0 aliphatic rings. The number of pyridine rings is 1.